The third-order valence-electron chi connectivity index (χ3n) is 7.74. The molecule has 7 nitrogen and oxygen atoms in total. The molecule has 2 N–H and O–H groups in total. The molecule has 1 spiro atoms. The average Bonchev–Trinajstić information content (AvgIpc) is 3.02. The number of aromatic nitrogens is 1. The predicted octanol–water partition coefficient (Wildman–Crippen LogP) is 4.02. The topological polar surface area (TPSA) is 74.9 Å². The Morgan fingerprint density at radius 2 is 2.00 bits per heavy atom. The highest BCUT2D eigenvalue weighted by molar-refractivity contribution is 14.0. The molecule has 2 aliphatic carbocycles. The standard InChI is InChI=1S/C24H41N5O2.HI/c1-5-25-23(28-20-14-21(30-6-2)24(20)10-7-11-24)26-15-19-8-12-29(13-9-19)16-22-27-17(3)18(4)31-22;/h19-21H,5-16H2,1-4H3,(H2,25,26,28);1H. The number of likely N-dealkylation sites (tertiary alicyclic amines) is 1. The SMILES string of the molecule is CCNC(=NCC1CCN(Cc2nc(C)c(C)o2)CC1)NC1CC(OCC)C12CCC2.I. The van der Waals surface area contributed by atoms with Crippen molar-refractivity contribution in [3.63, 3.8) is 0 Å². The quantitative estimate of drug-likeness (QED) is 0.285. The van der Waals surface area contributed by atoms with Crippen molar-refractivity contribution in [2.24, 2.45) is 16.3 Å². The summed E-state index contributed by atoms with van der Waals surface area (Å²) in [6.07, 6.45) is 7.82. The lowest BCUT2D eigenvalue weighted by molar-refractivity contribution is -0.168. The summed E-state index contributed by atoms with van der Waals surface area (Å²) in [5, 5.41) is 7.22. The highest BCUT2D eigenvalue weighted by atomic mass is 127. The van der Waals surface area contributed by atoms with Gasteiger partial charge in [0.2, 0.25) is 5.89 Å². The van der Waals surface area contributed by atoms with Crippen LogP contribution < -0.4 is 10.6 Å². The fourth-order valence-electron chi connectivity index (χ4n) is 5.47. The Hall–Kier alpha value is -0.870. The fraction of sp³-hybridized carbons (Fsp3) is 0.833. The van der Waals surface area contributed by atoms with E-state index in [2.05, 4.69) is 34.4 Å². The van der Waals surface area contributed by atoms with E-state index in [0.717, 1.165) is 69.1 Å². The molecule has 0 aromatic carbocycles. The second-order valence-electron chi connectivity index (χ2n) is 9.65. The first-order chi connectivity index (χ1) is 15.0. The maximum absolute atomic E-state index is 6.01. The molecule has 2 atom stereocenters. The molecule has 1 aliphatic heterocycles. The summed E-state index contributed by atoms with van der Waals surface area (Å²) in [6, 6.07) is 0.505. The van der Waals surface area contributed by atoms with Crippen molar-refractivity contribution in [2.75, 3.05) is 32.8 Å². The number of nitrogens with zero attached hydrogens (tertiary/aromatic N) is 3. The van der Waals surface area contributed by atoms with E-state index in [-0.39, 0.29) is 24.0 Å². The summed E-state index contributed by atoms with van der Waals surface area (Å²) >= 11 is 0. The summed E-state index contributed by atoms with van der Waals surface area (Å²) in [5.41, 5.74) is 1.36. The van der Waals surface area contributed by atoms with Crippen LogP contribution in [-0.4, -0.2) is 60.8 Å². The minimum atomic E-state index is 0. The van der Waals surface area contributed by atoms with Crippen molar-refractivity contribution in [3.05, 3.63) is 17.3 Å². The number of halogens is 1. The number of piperidine rings is 1. The van der Waals surface area contributed by atoms with E-state index < -0.39 is 0 Å². The number of oxazole rings is 1. The number of aliphatic imine (C=N–C) groups is 1. The van der Waals surface area contributed by atoms with Crippen molar-refractivity contribution in [1.29, 1.82) is 0 Å². The van der Waals surface area contributed by atoms with Gasteiger partial charge in [-0.1, -0.05) is 6.42 Å². The third kappa shape index (κ3) is 5.60. The summed E-state index contributed by atoms with van der Waals surface area (Å²) < 4.78 is 11.8. The van der Waals surface area contributed by atoms with Gasteiger partial charge >= 0.3 is 0 Å². The molecule has 32 heavy (non-hydrogen) atoms. The van der Waals surface area contributed by atoms with Gasteiger partial charge in [-0.05, 0) is 78.8 Å². The Morgan fingerprint density at radius 1 is 1.25 bits per heavy atom. The maximum Gasteiger partial charge on any atom is 0.208 e. The second kappa shape index (κ2) is 11.5. The zero-order chi connectivity index (χ0) is 21.8. The average molecular weight is 560 g/mol. The highest BCUT2D eigenvalue weighted by Gasteiger charge is 2.59. The Balaban J connectivity index is 0.00000289. The zero-order valence-corrected chi connectivity index (χ0v) is 22.6. The van der Waals surface area contributed by atoms with Gasteiger partial charge in [0.25, 0.3) is 0 Å². The van der Waals surface area contributed by atoms with Crippen molar-refractivity contribution < 1.29 is 9.15 Å². The van der Waals surface area contributed by atoms with Crippen LogP contribution in [0.2, 0.25) is 0 Å². The van der Waals surface area contributed by atoms with E-state index in [1.165, 1.54) is 32.1 Å². The van der Waals surface area contributed by atoms with Crippen LogP contribution in [0.1, 0.15) is 69.7 Å². The molecular weight excluding hydrogens is 517 g/mol. The lowest BCUT2D eigenvalue weighted by Gasteiger charge is -2.61. The summed E-state index contributed by atoms with van der Waals surface area (Å²) in [6.45, 7) is 13.9. The molecule has 8 heteroatoms. The van der Waals surface area contributed by atoms with Crippen LogP contribution in [0, 0.1) is 25.2 Å². The van der Waals surface area contributed by atoms with E-state index in [1.54, 1.807) is 0 Å². The molecule has 3 fully saturated rings. The van der Waals surface area contributed by atoms with Crippen LogP contribution in [0.15, 0.2) is 9.41 Å². The molecule has 4 rings (SSSR count). The van der Waals surface area contributed by atoms with E-state index in [0.29, 0.717) is 23.5 Å². The fourth-order valence-corrected chi connectivity index (χ4v) is 5.47. The van der Waals surface area contributed by atoms with Gasteiger partial charge < -0.3 is 19.8 Å². The van der Waals surface area contributed by atoms with Gasteiger partial charge in [0, 0.05) is 31.2 Å². The van der Waals surface area contributed by atoms with E-state index in [4.69, 9.17) is 14.1 Å². The number of rotatable bonds is 8. The van der Waals surface area contributed by atoms with Crippen LogP contribution in [-0.2, 0) is 11.3 Å². The largest absolute Gasteiger partial charge is 0.444 e. The van der Waals surface area contributed by atoms with Crippen LogP contribution >= 0.6 is 24.0 Å². The van der Waals surface area contributed by atoms with Gasteiger partial charge in [0.15, 0.2) is 5.96 Å². The summed E-state index contributed by atoms with van der Waals surface area (Å²) in [5.74, 6) is 3.42. The molecule has 182 valence electrons. The molecule has 1 saturated heterocycles. The van der Waals surface area contributed by atoms with E-state index >= 15 is 0 Å². The van der Waals surface area contributed by atoms with Gasteiger partial charge in [-0.15, -0.1) is 24.0 Å². The molecule has 0 radical (unpaired) electrons. The third-order valence-corrected chi connectivity index (χ3v) is 7.74. The molecule has 1 aromatic heterocycles. The zero-order valence-electron chi connectivity index (χ0n) is 20.3. The normalized spacial score (nSPS) is 25.7. The van der Waals surface area contributed by atoms with Gasteiger partial charge in [-0.3, -0.25) is 9.89 Å². The van der Waals surface area contributed by atoms with Gasteiger partial charge in [-0.2, -0.15) is 0 Å². The number of nitrogens with one attached hydrogen (secondary N) is 2. The predicted molar refractivity (Wildman–Crippen MR) is 139 cm³/mol. The molecular formula is C24H42IN5O2. The molecule has 3 aliphatic rings. The lowest BCUT2D eigenvalue weighted by Crippen LogP contribution is -2.68. The minimum absolute atomic E-state index is 0. The van der Waals surface area contributed by atoms with E-state index in [9.17, 15) is 0 Å². The van der Waals surface area contributed by atoms with Crippen molar-refractivity contribution in [3.8, 4) is 0 Å². The first-order valence-electron chi connectivity index (χ1n) is 12.4. The smallest absolute Gasteiger partial charge is 0.208 e. The van der Waals surface area contributed by atoms with Crippen molar-refractivity contribution >= 4 is 29.9 Å². The van der Waals surface area contributed by atoms with E-state index in [1.807, 2.05) is 13.8 Å². The monoisotopic (exact) mass is 559 g/mol. The Kier molecular flexibility index (Phi) is 9.26. The van der Waals surface area contributed by atoms with Gasteiger partial charge in [0.1, 0.15) is 5.76 Å². The van der Waals surface area contributed by atoms with Crippen molar-refractivity contribution in [1.82, 2.24) is 20.5 Å². The van der Waals surface area contributed by atoms with Crippen LogP contribution in [0.3, 0.4) is 0 Å². The number of aryl methyl sites for hydroxylation is 2. The van der Waals surface area contributed by atoms with Crippen LogP contribution in [0.4, 0.5) is 0 Å². The Labute approximate surface area is 210 Å². The molecule has 0 amide bonds. The van der Waals surface area contributed by atoms with Crippen molar-refractivity contribution in [2.45, 2.75) is 84.9 Å². The summed E-state index contributed by atoms with van der Waals surface area (Å²) in [4.78, 5) is 12.0. The first-order valence-corrected chi connectivity index (χ1v) is 12.4. The minimum Gasteiger partial charge on any atom is -0.444 e. The van der Waals surface area contributed by atoms with Gasteiger partial charge in [0.05, 0.1) is 18.3 Å². The first kappa shape index (κ1) is 25.7. The molecule has 1 aromatic rings. The number of ether oxygens (including phenoxy) is 1. The second-order valence-corrected chi connectivity index (χ2v) is 9.65. The molecule has 2 saturated carbocycles. The summed E-state index contributed by atoms with van der Waals surface area (Å²) in [7, 11) is 0. The number of hydrogen-bond acceptors (Lipinski definition) is 5. The molecule has 2 unspecified atom stereocenters. The highest BCUT2D eigenvalue weighted by Crippen LogP contribution is 2.57. The molecule has 2 heterocycles. The lowest BCUT2D eigenvalue weighted by atomic mass is 9.51. The number of guanidine groups is 1. The maximum atomic E-state index is 6.01. The molecule has 0 bridgehead atoms. The van der Waals surface area contributed by atoms with Gasteiger partial charge in [-0.25, -0.2) is 4.98 Å². The number of hydrogen-bond donors (Lipinski definition) is 2. The van der Waals surface area contributed by atoms with Crippen LogP contribution in [0.5, 0.6) is 0 Å². The Morgan fingerprint density at radius 3 is 2.56 bits per heavy atom. The Bertz CT molecular complexity index is 736. The van der Waals surface area contributed by atoms with Crippen LogP contribution in [0.25, 0.3) is 0 Å².